The molecule has 0 aromatic heterocycles. The van der Waals surface area contributed by atoms with E-state index in [1.165, 1.54) is 6.42 Å². The summed E-state index contributed by atoms with van der Waals surface area (Å²) >= 11 is 0. The average Bonchev–Trinajstić information content (AvgIpc) is 1.55. The van der Waals surface area contributed by atoms with E-state index in [0.717, 1.165) is 12.8 Å². The first-order valence-corrected chi connectivity index (χ1v) is 2.52. The predicted molar refractivity (Wildman–Crippen MR) is 25.9 cm³/mol. The minimum Gasteiger partial charge on any atom is -1.00 e. The van der Waals surface area contributed by atoms with Crippen molar-refractivity contribution >= 4 is 6.47 Å². The first-order valence-electron chi connectivity index (χ1n) is 2.52. The predicted octanol–water partition coefficient (Wildman–Crippen LogP) is -2.17. The van der Waals surface area contributed by atoms with Crippen LogP contribution < -0.4 is 18.9 Å². The van der Waals surface area contributed by atoms with Crippen LogP contribution in [0.2, 0.25) is 0 Å². The first-order chi connectivity index (χ1) is 3.43. The molecule has 0 aromatic rings. The molecule has 1 rings (SSSR count). The Morgan fingerprint density at radius 2 is 2.25 bits per heavy atom. The molecule has 0 amide bonds. The topological polar surface area (TPSA) is 26.3 Å². The van der Waals surface area contributed by atoms with Gasteiger partial charge in [-0.05, 0) is 19.3 Å². The normalized spacial score (nSPS) is 18.0. The molecule has 0 aromatic carbocycles. The van der Waals surface area contributed by atoms with Crippen molar-refractivity contribution in [2.75, 3.05) is 0 Å². The van der Waals surface area contributed by atoms with E-state index in [0.29, 0.717) is 6.47 Å². The van der Waals surface area contributed by atoms with E-state index in [1.807, 2.05) is 0 Å². The number of ether oxygens (including phenoxy) is 1. The minimum absolute atomic E-state index is 0. The smallest absolute Gasteiger partial charge is 1.00 e. The summed E-state index contributed by atoms with van der Waals surface area (Å²) < 4.78 is 4.60. The van der Waals surface area contributed by atoms with Crippen LogP contribution in [0.5, 0.6) is 0 Å². The van der Waals surface area contributed by atoms with Crippen molar-refractivity contribution in [2.45, 2.75) is 25.4 Å². The van der Waals surface area contributed by atoms with Gasteiger partial charge in [0.15, 0.2) is 0 Å². The van der Waals surface area contributed by atoms with Crippen LogP contribution in [-0.4, -0.2) is 12.6 Å². The Bertz CT molecular complexity index is 75.4. The second-order valence-corrected chi connectivity index (χ2v) is 1.79. The van der Waals surface area contributed by atoms with E-state index in [-0.39, 0.29) is 26.4 Å². The fourth-order valence-corrected chi connectivity index (χ4v) is 0.585. The molecule has 0 unspecified atom stereocenters. The van der Waals surface area contributed by atoms with E-state index in [9.17, 15) is 4.79 Å². The van der Waals surface area contributed by atoms with Gasteiger partial charge in [-0.3, -0.25) is 4.79 Å². The van der Waals surface area contributed by atoms with Crippen LogP contribution in [0.4, 0.5) is 0 Å². The SMILES string of the molecule is O=COC1CCC1.[H-].[Li+]. The van der Waals surface area contributed by atoms with Crippen molar-refractivity contribution in [1.82, 2.24) is 0 Å². The van der Waals surface area contributed by atoms with Crippen molar-refractivity contribution in [3.8, 4) is 0 Å². The molecule has 0 saturated heterocycles. The number of rotatable bonds is 2. The van der Waals surface area contributed by atoms with Crippen molar-refractivity contribution < 1.29 is 29.8 Å². The Labute approximate surface area is 62.3 Å². The second kappa shape index (κ2) is 4.00. The summed E-state index contributed by atoms with van der Waals surface area (Å²) in [6, 6.07) is 0. The van der Waals surface area contributed by atoms with Gasteiger partial charge in [0.25, 0.3) is 6.47 Å². The fourth-order valence-electron chi connectivity index (χ4n) is 0.585. The zero-order valence-electron chi connectivity index (χ0n) is 6.09. The fraction of sp³-hybridized carbons (Fsp3) is 0.800. The van der Waals surface area contributed by atoms with Gasteiger partial charge in [-0.25, -0.2) is 0 Å². The van der Waals surface area contributed by atoms with E-state index in [2.05, 4.69) is 4.74 Å². The Morgan fingerprint density at radius 1 is 1.62 bits per heavy atom. The molecular formula is C5H9LiO2. The van der Waals surface area contributed by atoms with Crippen molar-refractivity contribution in [3.63, 3.8) is 0 Å². The Morgan fingerprint density at radius 3 is 2.38 bits per heavy atom. The third-order valence-electron chi connectivity index (χ3n) is 1.30. The minimum atomic E-state index is 0. The van der Waals surface area contributed by atoms with Crippen LogP contribution in [0.25, 0.3) is 0 Å². The standard InChI is InChI=1S/C5H8O2.Li.H/c6-4-7-5-2-1-3-5;;/h4-5H,1-3H2;;/q;+1;-1. The van der Waals surface area contributed by atoms with Gasteiger partial charge in [-0.15, -0.1) is 0 Å². The molecule has 8 heavy (non-hydrogen) atoms. The van der Waals surface area contributed by atoms with Crippen molar-refractivity contribution in [2.24, 2.45) is 0 Å². The maximum absolute atomic E-state index is 9.59. The molecule has 1 aliphatic rings. The van der Waals surface area contributed by atoms with Crippen LogP contribution >= 0.6 is 0 Å². The number of hydrogen-bond donors (Lipinski definition) is 0. The molecule has 0 bridgehead atoms. The van der Waals surface area contributed by atoms with Crippen LogP contribution in [0.15, 0.2) is 0 Å². The quantitative estimate of drug-likeness (QED) is 0.297. The molecule has 3 heteroatoms. The molecule has 0 heterocycles. The van der Waals surface area contributed by atoms with Gasteiger partial charge < -0.3 is 6.16 Å². The zero-order chi connectivity index (χ0) is 5.11. The summed E-state index contributed by atoms with van der Waals surface area (Å²) in [6.45, 7) is 0.532. The number of carbonyl (C=O) groups excluding carboxylic acids is 1. The summed E-state index contributed by atoms with van der Waals surface area (Å²) in [6.07, 6.45) is 3.62. The molecule has 2 nitrogen and oxygen atoms in total. The van der Waals surface area contributed by atoms with Gasteiger partial charge in [0.1, 0.15) is 6.10 Å². The Balaban J connectivity index is 0. The van der Waals surface area contributed by atoms with Crippen LogP contribution in [-0.2, 0) is 9.53 Å². The Hall–Kier alpha value is 0.0674. The molecule has 0 spiro atoms. The molecule has 1 aliphatic carbocycles. The number of carbonyl (C=O) groups is 1. The Kier molecular flexibility index (Phi) is 4.03. The molecule has 0 N–H and O–H groups in total. The average molecular weight is 108 g/mol. The zero-order valence-corrected chi connectivity index (χ0v) is 5.09. The largest absolute Gasteiger partial charge is 1.00 e. The van der Waals surface area contributed by atoms with Crippen molar-refractivity contribution in [3.05, 3.63) is 0 Å². The summed E-state index contributed by atoms with van der Waals surface area (Å²) in [5.74, 6) is 0. The first kappa shape index (κ1) is 8.07. The summed E-state index contributed by atoms with van der Waals surface area (Å²) in [4.78, 5) is 9.59. The van der Waals surface area contributed by atoms with Gasteiger partial charge in [-0.1, -0.05) is 0 Å². The van der Waals surface area contributed by atoms with Crippen LogP contribution in [0.3, 0.4) is 0 Å². The molecule has 42 valence electrons. The maximum atomic E-state index is 9.59. The summed E-state index contributed by atoms with van der Waals surface area (Å²) in [5.41, 5.74) is 0. The van der Waals surface area contributed by atoms with Gasteiger partial charge in [-0.2, -0.15) is 0 Å². The van der Waals surface area contributed by atoms with E-state index >= 15 is 0 Å². The third kappa shape index (κ3) is 1.89. The maximum Gasteiger partial charge on any atom is 1.00 e. The van der Waals surface area contributed by atoms with Gasteiger partial charge >= 0.3 is 18.9 Å². The van der Waals surface area contributed by atoms with E-state index in [1.54, 1.807) is 0 Å². The molecule has 0 atom stereocenters. The molecule has 0 aliphatic heterocycles. The monoisotopic (exact) mass is 108 g/mol. The van der Waals surface area contributed by atoms with Crippen LogP contribution in [0.1, 0.15) is 20.7 Å². The second-order valence-electron chi connectivity index (χ2n) is 1.79. The van der Waals surface area contributed by atoms with Crippen LogP contribution in [0, 0.1) is 0 Å². The van der Waals surface area contributed by atoms with E-state index in [4.69, 9.17) is 0 Å². The molecule has 1 saturated carbocycles. The molecule has 0 radical (unpaired) electrons. The third-order valence-corrected chi connectivity index (χ3v) is 1.30. The summed E-state index contributed by atoms with van der Waals surface area (Å²) in [5, 5.41) is 0. The summed E-state index contributed by atoms with van der Waals surface area (Å²) in [7, 11) is 0. The number of hydrogen-bond acceptors (Lipinski definition) is 2. The van der Waals surface area contributed by atoms with Crippen molar-refractivity contribution in [1.29, 1.82) is 0 Å². The van der Waals surface area contributed by atoms with Gasteiger partial charge in [0.05, 0.1) is 0 Å². The molecule has 1 fully saturated rings. The van der Waals surface area contributed by atoms with Gasteiger partial charge in [0, 0.05) is 0 Å². The van der Waals surface area contributed by atoms with Gasteiger partial charge in [0.2, 0.25) is 0 Å². The van der Waals surface area contributed by atoms with E-state index < -0.39 is 0 Å². The molecular weight excluding hydrogens is 99.0 g/mol.